The first-order chi connectivity index (χ1) is 14.9. The van der Waals surface area contributed by atoms with Gasteiger partial charge in [0.2, 0.25) is 5.91 Å². The Balaban J connectivity index is 1.53. The number of halogens is 3. The normalized spacial score (nSPS) is 14.5. The van der Waals surface area contributed by atoms with E-state index in [1.807, 2.05) is 35.2 Å². The third-order valence-corrected chi connectivity index (χ3v) is 5.80. The van der Waals surface area contributed by atoms with Crippen LogP contribution in [0, 0.1) is 0 Å². The van der Waals surface area contributed by atoms with Crippen LogP contribution in [0.1, 0.15) is 11.3 Å². The van der Waals surface area contributed by atoms with Crippen molar-refractivity contribution in [2.75, 3.05) is 36.5 Å². The second kappa shape index (κ2) is 9.07. The van der Waals surface area contributed by atoms with Gasteiger partial charge in [-0.3, -0.25) is 4.79 Å². The number of thiazole rings is 1. The van der Waals surface area contributed by atoms with E-state index in [0.717, 1.165) is 22.7 Å². The minimum absolute atomic E-state index is 0.0257. The van der Waals surface area contributed by atoms with E-state index >= 15 is 0 Å². The van der Waals surface area contributed by atoms with Gasteiger partial charge in [-0.25, -0.2) is 4.98 Å². The molecule has 4 rings (SSSR count). The Bertz CT molecular complexity index is 1050. The van der Waals surface area contributed by atoms with E-state index in [4.69, 9.17) is 4.74 Å². The Hall–Kier alpha value is -2.91. The van der Waals surface area contributed by atoms with Crippen molar-refractivity contribution in [3.8, 4) is 10.6 Å². The zero-order valence-electron chi connectivity index (χ0n) is 16.5. The number of carbonyl (C=O) groups is 1. The van der Waals surface area contributed by atoms with Crippen LogP contribution in [-0.2, 0) is 22.1 Å². The number of morpholine rings is 1. The second-order valence-corrected chi connectivity index (χ2v) is 7.92. The monoisotopic (exact) mass is 447 g/mol. The van der Waals surface area contributed by atoms with Gasteiger partial charge in [-0.05, 0) is 18.2 Å². The first kappa shape index (κ1) is 21.3. The average molecular weight is 447 g/mol. The zero-order valence-corrected chi connectivity index (χ0v) is 17.3. The summed E-state index contributed by atoms with van der Waals surface area (Å²) in [7, 11) is 0. The Morgan fingerprint density at radius 2 is 1.87 bits per heavy atom. The number of rotatable bonds is 5. The van der Waals surface area contributed by atoms with Gasteiger partial charge in [-0.1, -0.05) is 30.3 Å². The van der Waals surface area contributed by atoms with Crippen molar-refractivity contribution < 1.29 is 22.7 Å². The highest BCUT2D eigenvalue weighted by Crippen LogP contribution is 2.36. The van der Waals surface area contributed by atoms with Crippen LogP contribution in [0.15, 0.2) is 53.9 Å². The summed E-state index contributed by atoms with van der Waals surface area (Å²) >= 11 is 1.42. The quantitative estimate of drug-likeness (QED) is 0.608. The SMILES string of the molecule is O=C(Cc1csc(-c2ccccc2)n1)Nc1cc(C(F)(F)F)ccc1N1CCOCC1. The van der Waals surface area contributed by atoms with Crippen molar-refractivity contribution in [1.29, 1.82) is 0 Å². The molecule has 1 saturated heterocycles. The van der Waals surface area contributed by atoms with Crippen LogP contribution in [0.2, 0.25) is 0 Å². The Morgan fingerprint density at radius 3 is 2.58 bits per heavy atom. The molecule has 31 heavy (non-hydrogen) atoms. The van der Waals surface area contributed by atoms with Crippen molar-refractivity contribution in [2.24, 2.45) is 0 Å². The molecule has 9 heteroatoms. The summed E-state index contributed by atoms with van der Waals surface area (Å²) in [6.45, 7) is 2.05. The van der Waals surface area contributed by atoms with Crippen LogP contribution < -0.4 is 10.2 Å². The molecule has 3 aromatic rings. The molecule has 0 atom stereocenters. The first-order valence-electron chi connectivity index (χ1n) is 9.74. The smallest absolute Gasteiger partial charge is 0.378 e. The number of nitrogens with one attached hydrogen (secondary N) is 1. The third kappa shape index (κ3) is 5.23. The lowest BCUT2D eigenvalue weighted by atomic mass is 10.1. The number of carbonyl (C=O) groups excluding carboxylic acids is 1. The maximum absolute atomic E-state index is 13.2. The summed E-state index contributed by atoms with van der Waals surface area (Å²) in [6.07, 6.45) is -4.52. The van der Waals surface area contributed by atoms with E-state index in [2.05, 4.69) is 10.3 Å². The fourth-order valence-corrected chi connectivity index (χ4v) is 4.18. The lowest BCUT2D eigenvalue weighted by Gasteiger charge is -2.31. The predicted molar refractivity (Wildman–Crippen MR) is 114 cm³/mol. The molecule has 0 radical (unpaired) electrons. The van der Waals surface area contributed by atoms with Gasteiger partial charge in [0.15, 0.2) is 0 Å². The van der Waals surface area contributed by atoms with Crippen molar-refractivity contribution in [3.05, 3.63) is 65.2 Å². The van der Waals surface area contributed by atoms with Crippen LogP contribution in [0.5, 0.6) is 0 Å². The number of amides is 1. The van der Waals surface area contributed by atoms with Crippen molar-refractivity contribution in [3.63, 3.8) is 0 Å². The lowest BCUT2D eigenvalue weighted by Crippen LogP contribution is -2.37. The Kier molecular flexibility index (Phi) is 6.24. The van der Waals surface area contributed by atoms with Crippen LogP contribution >= 0.6 is 11.3 Å². The number of ether oxygens (including phenoxy) is 1. The van der Waals surface area contributed by atoms with Crippen LogP contribution in [0.4, 0.5) is 24.5 Å². The summed E-state index contributed by atoms with van der Waals surface area (Å²) in [5, 5.41) is 5.24. The average Bonchev–Trinajstić information content (AvgIpc) is 3.22. The van der Waals surface area contributed by atoms with Gasteiger partial charge < -0.3 is 15.0 Å². The molecule has 1 fully saturated rings. The van der Waals surface area contributed by atoms with E-state index in [-0.39, 0.29) is 12.1 Å². The molecule has 1 aromatic heterocycles. The van der Waals surface area contributed by atoms with E-state index in [0.29, 0.717) is 37.7 Å². The van der Waals surface area contributed by atoms with Crippen LogP contribution in [-0.4, -0.2) is 37.2 Å². The number of aromatic nitrogens is 1. The maximum Gasteiger partial charge on any atom is 0.416 e. The highest BCUT2D eigenvalue weighted by Gasteiger charge is 2.32. The largest absolute Gasteiger partial charge is 0.416 e. The minimum atomic E-state index is -4.50. The molecule has 0 aliphatic carbocycles. The second-order valence-electron chi connectivity index (χ2n) is 7.06. The Labute approximate surface area is 181 Å². The van der Waals surface area contributed by atoms with E-state index < -0.39 is 17.6 Å². The molecule has 2 aromatic carbocycles. The van der Waals surface area contributed by atoms with Crippen molar-refractivity contribution in [2.45, 2.75) is 12.6 Å². The van der Waals surface area contributed by atoms with Crippen LogP contribution in [0.3, 0.4) is 0 Å². The molecular formula is C22H20F3N3O2S. The summed E-state index contributed by atoms with van der Waals surface area (Å²) in [6, 6.07) is 13.0. The topological polar surface area (TPSA) is 54.5 Å². The fourth-order valence-electron chi connectivity index (χ4n) is 3.35. The molecule has 2 heterocycles. The van der Waals surface area contributed by atoms with E-state index in [9.17, 15) is 18.0 Å². The molecule has 0 unspecified atom stereocenters. The number of hydrogen-bond donors (Lipinski definition) is 1. The van der Waals surface area contributed by atoms with Gasteiger partial charge in [0.05, 0.1) is 42.3 Å². The summed E-state index contributed by atoms with van der Waals surface area (Å²) in [5.74, 6) is -0.418. The predicted octanol–water partition coefficient (Wildman–Crippen LogP) is 4.85. The van der Waals surface area contributed by atoms with Gasteiger partial charge in [-0.15, -0.1) is 11.3 Å². The molecule has 5 nitrogen and oxygen atoms in total. The molecule has 0 spiro atoms. The van der Waals surface area contributed by atoms with E-state index in [1.165, 1.54) is 17.4 Å². The molecule has 0 bridgehead atoms. The molecule has 1 aliphatic heterocycles. The summed E-state index contributed by atoms with van der Waals surface area (Å²) in [5.41, 5.74) is 1.40. The van der Waals surface area contributed by atoms with Gasteiger partial charge in [0.1, 0.15) is 5.01 Å². The molecular weight excluding hydrogens is 427 g/mol. The summed E-state index contributed by atoms with van der Waals surface area (Å²) < 4.78 is 45.0. The first-order valence-corrected chi connectivity index (χ1v) is 10.6. The molecule has 1 amide bonds. The fraction of sp³-hybridized carbons (Fsp3) is 0.273. The van der Waals surface area contributed by atoms with Gasteiger partial charge >= 0.3 is 6.18 Å². The molecule has 1 aliphatic rings. The lowest BCUT2D eigenvalue weighted by molar-refractivity contribution is -0.137. The van der Waals surface area contributed by atoms with E-state index in [1.54, 1.807) is 5.38 Å². The molecule has 162 valence electrons. The Morgan fingerprint density at radius 1 is 1.13 bits per heavy atom. The highest BCUT2D eigenvalue weighted by molar-refractivity contribution is 7.13. The third-order valence-electron chi connectivity index (χ3n) is 4.86. The van der Waals surface area contributed by atoms with Gasteiger partial charge in [0.25, 0.3) is 0 Å². The van der Waals surface area contributed by atoms with Gasteiger partial charge in [-0.2, -0.15) is 13.2 Å². The zero-order chi connectivity index (χ0) is 21.8. The number of hydrogen-bond acceptors (Lipinski definition) is 5. The number of nitrogens with zero attached hydrogens (tertiary/aromatic N) is 2. The number of alkyl halides is 3. The van der Waals surface area contributed by atoms with Gasteiger partial charge in [0, 0.05) is 24.0 Å². The minimum Gasteiger partial charge on any atom is -0.378 e. The number of anilines is 2. The molecule has 1 N–H and O–H groups in total. The van der Waals surface area contributed by atoms with Crippen LogP contribution in [0.25, 0.3) is 10.6 Å². The standard InChI is InChI=1S/C22H20F3N3O2S/c23-22(24,25)16-6-7-19(28-8-10-30-11-9-28)18(12-16)27-20(29)13-17-14-31-21(26-17)15-4-2-1-3-5-15/h1-7,12,14H,8-11,13H2,(H,27,29). The van der Waals surface area contributed by atoms with Crippen molar-refractivity contribution >= 4 is 28.6 Å². The number of benzene rings is 2. The summed E-state index contributed by atoms with van der Waals surface area (Å²) in [4.78, 5) is 19.0. The highest BCUT2D eigenvalue weighted by atomic mass is 32.1. The molecule has 0 saturated carbocycles. The maximum atomic E-state index is 13.2. The van der Waals surface area contributed by atoms with Crippen molar-refractivity contribution in [1.82, 2.24) is 4.98 Å².